The third-order valence-electron chi connectivity index (χ3n) is 4.55. The largest absolute Gasteiger partial charge is 0.489 e. The van der Waals surface area contributed by atoms with E-state index in [0.717, 1.165) is 21.2 Å². The molecular weight excluding hydrogens is 492 g/mol. The number of halogens is 2. The average molecular weight is 510 g/mol. The smallest absolute Gasteiger partial charge is 0.289 e. The highest BCUT2D eigenvalue weighted by Gasteiger charge is 2.11. The third-order valence-corrected chi connectivity index (χ3v) is 5.42. The minimum atomic E-state index is -0.380. The van der Waals surface area contributed by atoms with Crippen LogP contribution in [0.2, 0.25) is 5.02 Å². The van der Waals surface area contributed by atoms with Gasteiger partial charge in [0.2, 0.25) is 0 Å². The van der Waals surface area contributed by atoms with Gasteiger partial charge in [-0.2, -0.15) is 10.2 Å². The molecule has 1 amide bonds. The van der Waals surface area contributed by atoms with E-state index in [1.807, 2.05) is 72.8 Å². The standard InChI is InChI=1S/C24H18BrClN4O2/c25-19-6-3-4-16(12-19)14-27-30-24(31)23-13-22(28-29-23)17-8-10-20(11-9-17)32-15-18-5-1-2-7-21(18)26/h1-14H,15H2,(H,28,29)(H,30,31). The number of aromatic amines is 1. The van der Waals surface area contributed by atoms with Crippen LogP contribution in [-0.4, -0.2) is 22.3 Å². The second-order valence-electron chi connectivity index (χ2n) is 6.83. The number of nitrogens with zero attached hydrogens (tertiary/aromatic N) is 2. The zero-order valence-electron chi connectivity index (χ0n) is 16.8. The Morgan fingerprint density at radius 2 is 1.91 bits per heavy atom. The number of rotatable bonds is 7. The lowest BCUT2D eigenvalue weighted by atomic mass is 10.1. The van der Waals surface area contributed by atoms with Gasteiger partial charge in [0.1, 0.15) is 18.1 Å². The fourth-order valence-electron chi connectivity index (χ4n) is 2.90. The molecule has 0 unspecified atom stereocenters. The number of H-pyrrole nitrogens is 1. The van der Waals surface area contributed by atoms with E-state index >= 15 is 0 Å². The molecule has 0 radical (unpaired) electrons. The van der Waals surface area contributed by atoms with Gasteiger partial charge in [0.25, 0.3) is 5.91 Å². The van der Waals surface area contributed by atoms with Crippen LogP contribution < -0.4 is 10.2 Å². The first-order valence-electron chi connectivity index (χ1n) is 9.69. The molecule has 0 saturated heterocycles. The fraction of sp³-hybridized carbons (Fsp3) is 0.0417. The molecule has 0 aliphatic heterocycles. The zero-order valence-corrected chi connectivity index (χ0v) is 19.1. The van der Waals surface area contributed by atoms with Crippen LogP contribution in [-0.2, 0) is 6.61 Å². The Balaban J connectivity index is 1.35. The van der Waals surface area contributed by atoms with Crippen LogP contribution in [0, 0.1) is 0 Å². The quantitative estimate of drug-likeness (QED) is 0.243. The molecule has 160 valence electrons. The summed E-state index contributed by atoms with van der Waals surface area (Å²) >= 11 is 9.55. The number of ether oxygens (including phenoxy) is 1. The molecule has 32 heavy (non-hydrogen) atoms. The van der Waals surface area contributed by atoms with Crippen LogP contribution in [0.4, 0.5) is 0 Å². The van der Waals surface area contributed by atoms with Crippen LogP contribution in [0.5, 0.6) is 5.75 Å². The predicted octanol–water partition coefficient (Wildman–Crippen LogP) is 5.84. The highest BCUT2D eigenvalue weighted by molar-refractivity contribution is 9.10. The minimum Gasteiger partial charge on any atom is -0.489 e. The molecule has 0 aliphatic rings. The molecule has 0 fully saturated rings. The third kappa shape index (κ3) is 5.63. The zero-order chi connectivity index (χ0) is 22.3. The van der Waals surface area contributed by atoms with Crippen molar-refractivity contribution in [2.24, 2.45) is 5.10 Å². The molecule has 0 saturated carbocycles. The molecule has 2 N–H and O–H groups in total. The maximum absolute atomic E-state index is 12.3. The Morgan fingerprint density at radius 1 is 1.09 bits per heavy atom. The van der Waals surface area contributed by atoms with E-state index in [9.17, 15) is 4.79 Å². The molecule has 0 spiro atoms. The molecular formula is C24H18BrClN4O2. The van der Waals surface area contributed by atoms with Gasteiger partial charge in [-0.3, -0.25) is 9.89 Å². The van der Waals surface area contributed by atoms with Gasteiger partial charge < -0.3 is 4.74 Å². The van der Waals surface area contributed by atoms with Crippen LogP contribution in [0.1, 0.15) is 21.6 Å². The number of nitrogens with one attached hydrogen (secondary N) is 2. The first kappa shape index (κ1) is 21.8. The number of benzene rings is 3. The van der Waals surface area contributed by atoms with E-state index in [-0.39, 0.29) is 5.91 Å². The van der Waals surface area contributed by atoms with Crippen molar-refractivity contribution in [2.75, 3.05) is 0 Å². The van der Waals surface area contributed by atoms with Gasteiger partial charge in [0, 0.05) is 20.6 Å². The predicted molar refractivity (Wildman–Crippen MR) is 129 cm³/mol. The molecule has 3 aromatic carbocycles. The van der Waals surface area contributed by atoms with Crippen molar-refractivity contribution in [2.45, 2.75) is 6.61 Å². The topological polar surface area (TPSA) is 79.4 Å². The summed E-state index contributed by atoms with van der Waals surface area (Å²) in [5, 5.41) is 11.6. The molecule has 0 bridgehead atoms. The SMILES string of the molecule is O=C(NN=Cc1cccc(Br)c1)c1cc(-c2ccc(OCc3ccccc3Cl)cc2)n[nH]1. The van der Waals surface area contributed by atoms with Crippen LogP contribution >= 0.6 is 27.5 Å². The van der Waals surface area contributed by atoms with Gasteiger partial charge in [0.05, 0.1) is 11.9 Å². The number of aromatic nitrogens is 2. The van der Waals surface area contributed by atoms with Crippen molar-refractivity contribution < 1.29 is 9.53 Å². The second-order valence-corrected chi connectivity index (χ2v) is 8.15. The molecule has 6 nitrogen and oxygen atoms in total. The molecule has 4 aromatic rings. The Kier molecular flexibility index (Phi) is 6.99. The first-order chi connectivity index (χ1) is 15.6. The lowest BCUT2D eigenvalue weighted by molar-refractivity contribution is 0.0950. The first-order valence-corrected chi connectivity index (χ1v) is 10.9. The molecule has 1 heterocycles. The summed E-state index contributed by atoms with van der Waals surface area (Å²) in [7, 11) is 0. The van der Waals surface area contributed by atoms with Crippen LogP contribution in [0.25, 0.3) is 11.3 Å². The summed E-state index contributed by atoms with van der Waals surface area (Å²) < 4.78 is 6.74. The lowest BCUT2D eigenvalue weighted by Crippen LogP contribution is -2.17. The second kappa shape index (κ2) is 10.3. The summed E-state index contributed by atoms with van der Waals surface area (Å²) in [6, 6.07) is 24.3. The van der Waals surface area contributed by atoms with Crippen LogP contribution in [0.3, 0.4) is 0 Å². The van der Waals surface area contributed by atoms with Gasteiger partial charge in [0.15, 0.2) is 0 Å². The van der Waals surface area contributed by atoms with Gasteiger partial charge in [-0.25, -0.2) is 5.43 Å². The molecule has 0 aliphatic carbocycles. The van der Waals surface area contributed by atoms with E-state index in [1.165, 1.54) is 0 Å². The number of carbonyl (C=O) groups excluding carboxylic acids is 1. The minimum absolute atomic E-state index is 0.311. The number of hydrogen-bond acceptors (Lipinski definition) is 4. The van der Waals surface area contributed by atoms with E-state index < -0.39 is 0 Å². The maximum Gasteiger partial charge on any atom is 0.289 e. The van der Waals surface area contributed by atoms with Crippen LogP contribution in [0.15, 0.2) is 88.4 Å². The van der Waals surface area contributed by atoms with Crippen molar-refractivity contribution in [3.8, 4) is 17.0 Å². The van der Waals surface area contributed by atoms with Crippen molar-refractivity contribution in [3.05, 3.63) is 105 Å². The fourth-order valence-corrected chi connectivity index (χ4v) is 3.50. The number of amides is 1. The summed E-state index contributed by atoms with van der Waals surface area (Å²) in [5.74, 6) is 0.332. The van der Waals surface area contributed by atoms with Gasteiger partial charge in [-0.05, 0) is 54.1 Å². The Hall–Kier alpha value is -3.42. The monoisotopic (exact) mass is 508 g/mol. The normalized spacial score (nSPS) is 10.9. The molecule has 8 heteroatoms. The number of carbonyl (C=O) groups is 1. The van der Waals surface area contributed by atoms with Crippen molar-refractivity contribution in [1.29, 1.82) is 0 Å². The summed E-state index contributed by atoms with van der Waals surface area (Å²) in [4.78, 5) is 12.3. The van der Waals surface area contributed by atoms with E-state index in [4.69, 9.17) is 16.3 Å². The molecule has 4 rings (SSSR count). The van der Waals surface area contributed by atoms with Crippen molar-refractivity contribution >= 4 is 39.7 Å². The Labute approximate surface area is 198 Å². The van der Waals surface area contributed by atoms with E-state index in [1.54, 1.807) is 12.3 Å². The Morgan fingerprint density at radius 3 is 2.69 bits per heavy atom. The average Bonchev–Trinajstić information content (AvgIpc) is 3.29. The summed E-state index contributed by atoms with van der Waals surface area (Å²) in [6.45, 7) is 0.381. The highest BCUT2D eigenvalue weighted by Crippen LogP contribution is 2.23. The molecule has 1 aromatic heterocycles. The molecule has 0 atom stereocenters. The lowest BCUT2D eigenvalue weighted by Gasteiger charge is -2.08. The van der Waals surface area contributed by atoms with Gasteiger partial charge in [-0.1, -0.05) is 57.9 Å². The van der Waals surface area contributed by atoms with E-state index in [2.05, 4.69) is 36.7 Å². The number of hydrazone groups is 1. The maximum atomic E-state index is 12.3. The van der Waals surface area contributed by atoms with E-state index in [0.29, 0.717) is 28.8 Å². The van der Waals surface area contributed by atoms with Crippen molar-refractivity contribution in [1.82, 2.24) is 15.6 Å². The summed E-state index contributed by atoms with van der Waals surface area (Å²) in [6.07, 6.45) is 1.57. The van der Waals surface area contributed by atoms with Crippen molar-refractivity contribution in [3.63, 3.8) is 0 Å². The van der Waals surface area contributed by atoms with Gasteiger partial charge in [-0.15, -0.1) is 0 Å². The van der Waals surface area contributed by atoms with Gasteiger partial charge >= 0.3 is 0 Å². The Bertz CT molecular complexity index is 1250. The number of hydrogen-bond donors (Lipinski definition) is 2. The summed E-state index contributed by atoms with van der Waals surface area (Å²) in [5.41, 5.74) is 6.08. The highest BCUT2D eigenvalue weighted by atomic mass is 79.9.